The maximum Gasteiger partial charge on any atom is 0.274 e. The van der Waals surface area contributed by atoms with E-state index in [1.165, 1.54) is 24.5 Å². The van der Waals surface area contributed by atoms with Crippen molar-refractivity contribution in [3.05, 3.63) is 94.5 Å². The number of ether oxygens (including phenoxy) is 1. The zero-order valence-electron chi connectivity index (χ0n) is 14.1. The lowest BCUT2D eigenvalue weighted by Crippen LogP contribution is -2.18. The Bertz CT molecular complexity index is 961. The summed E-state index contributed by atoms with van der Waals surface area (Å²) in [6, 6.07) is 16.5. The van der Waals surface area contributed by atoms with Crippen LogP contribution in [0.1, 0.15) is 21.5 Å². The first-order valence-electron chi connectivity index (χ1n) is 8.03. The third-order valence-corrected chi connectivity index (χ3v) is 3.90. The highest BCUT2D eigenvalue weighted by Gasteiger charge is 2.09. The molecule has 1 N–H and O–H groups in total. The van der Waals surface area contributed by atoms with Gasteiger partial charge in [0.15, 0.2) is 0 Å². The van der Waals surface area contributed by atoms with E-state index in [9.17, 15) is 9.18 Å². The molecule has 3 rings (SSSR count). The Morgan fingerprint density at radius 1 is 1.15 bits per heavy atom. The SMILES string of the molecule is O=C(NN=Cc1ccccc1OCc1ccc(F)cc1)c1cccnc1Cl. The molecule has 3 aromatic rings. The van der Waals surface area contributed by atoms with Crippen LogP contribution in [-0.4, -0.2) is 17.1 Å². The third kappa shape index (κ3) is 5.12. The molecule has 27 heavy (non-hydrogen) atoms. The van der Waals surface area contributed by atoms with Crippen LogP contribution in [0.5, 0.6) is 5.75 Å². The van der Waals surface area contributed by atoms with Crippen molar-refractivity contribution in [2.45, 2.75) is 6.61 Å². The maximum absolute atomic E-state index is 13.0. The quantitative estimate of drug-likeness (QED) is 0.394. The highest BCUT2D eigenvalue weighted by molar-refractivity contribution is 6.32. The average Bonchev–Trinajstić information content (AvgIpc) is 2.68. The van der Waals surface area contributed by atoms with Crippen LogP contribution in [0.15, 0.2) is 72.0 Å². The van der Waals surface area contributed by atoms with Gasteiger partial charge in [-0.2, -0.15) is 5.10 Å². The van der Waals surface area contributed by atoms with Crippen molar-refractivity contribution in [2.75, 3.05) is 0 Å². The van der Waals surface area contributed by atoms with E-state index in [1.54, 1.807) is 36.4 Å². The second-order valence-electron chi connectivity index (χ2n) is 5.49. The summed E-state index contributed by atoms with van der Waals surface area (Å²) >= 11 is 5.88. The number of hydrazone groups is 1. The lowest BCUT2D eigenvalue weighted by Gasteiger charge is -2.09. The van der Waals surface area contributed by atoms with Crippen molar-refractivity contribution < 1.29 is 13.9 Å². The van der Waals surface area contributed by atoms with Crippen molar-refractivity contribution in [2.24, 2.45) is 5.10 Å². The van der Waals surface area contributed by atoms with Crippen LogP contribution >= 0.6 is 11.6 Å². The van der Waals surface area contributed by atoms with Crippen molar-refractivity contribution in [1.29, 1.82) is 0 Å². The number of rotatable bonds is 6. The van der Waals surface area contributed by atoms with Crippen LogP contribution in [0.4, 0.5) is 4.39 Å². The number of nitrogens with one attached hydrogen (secondary N) is 1. The maximum atomic E-state index is 13.0. The topological polar surface area (TPSA) is 63.6 Å². The fraction of sp³-hybridized carbons (Fsp3) is 0.0500. The number of carbonyl (C=O) groups excluding carboxylic acids is 1. The summed E-state index contributed by atoms with van der Waals surface area (Å²) in [5.74, 6) is -0.177. The predicted octanol–water partition coefficient (Wildman–Crippen LogP) is 4.22. The molecule has 136 valence electrons. The van der Waals surface area contributed by atoms with E-state index in [0.29, 0.717) is 11.3 Å². The van der Waals surface area contributed by atoms with Gasteiger partial charge in [-0.05, 0) is 42.0 Å². The molecule has 2 aromatic carbocycles. The minimum atomic E-state index is -0.464. The molecule has 0 saturated carbocycles. The van der Waals surface area contributed by atoms with Crippen molar-refractivity contribution in [3.8, 4) is 5.75 Å². The summed E-state index contributed by atoms with van der Waals surface area (Å²) in [5.41, 5.74) is 4.15. The minimum absolute atomic E-state index is 0.105. The highest BCUT2D eigenvalue weighted by Crippen LogP contribution is 2.18. The van der Waals surface area contributed by atoms with Gasteiger partial charge >= 0.3 is 0 Å². The van der Waals surface area contributed by atoms with Crippen molar-refractivity contribution in [1.82, 2.24) is 10.4 Å². The Hall–Kier alpha value is -3.25. The van der Waals surface area contributed by atoms with Gasteiger partial charge in [0.25, 0.3) is 5.91 Å². The molecule has 0 aliphatic rings. The molecule has 0 saturated heterocycles. The van der Waals surface area contributed by atoms with Gasteiger partial charge in [-0.3, -0.25) is 4.79 Å². The summed E-state index contributed by atoms with van der Waals surface area (Å²) < 4.78 is 18.7. The van der Waals surface area contributed by atoms with Gasteiger partial charge in [0.2, 0.25) is 0 Å². The first-order chi connectivity index (χ1) is 13.1. The summed E-state index contributed by atoms with van der Waals surface area (Å²) in [7, 11) is 0. The number of hydrogen-bond acceptors (Lipinski definition) is 4. The van der Waals surface area contributed by atoms with E-state index in [4.69, 9.17) is 16.3 Å². The van der Waals surface area contributed by atoms with E-state index >= 15 is 0 Å². The molecule has 0 radical (unpaired) electrons. The highest BCUT2D eigenvalue weighted by atomic mass is 35.5. The first kappa shape index (κ1) is 18.5. The molecule has 0 aliphatic heterocycles. The summed E-state index contributed by atoms with van der Waals surface area (Å²) in [5, 5.41) is 4.05. The second kappa shape index (κ2) is 8.91. The molecular formula is C20H15ClFN3O2. The van der Waals surface area contributed by atoms with Crippen LogP contribution in [0.3, 0.4) is 0 Å². The standard InChI is InChI=1S/C20H15ClFN3O2/c21-19-17(5-3-11-23-19)20(26)25-24-12-15-4-1-2-6-18(15)27-13-14-7-9-16(22)10-8-14/h1-12H,13H2,(H,25,26). The zero-order chi connectivity index (χ0) is 19.1. The molecule has 0 atom stereocenters. The molecular weight excluding hydrogens is 369 g/mol. The molecule has 7 heteroatoms. The number of amides is 1. The monoisotopic (exact) mass is 383 g/mol. The van der Waals surface area contributed by atoms with Crippen molar-refractivity contribution in [3.63, 3.8) is 0 Å². The molecule has 0 aliphatic carbocycles. The lowest BCUT2D eigenvalue weighted by atomic mass is 10.2. The zero-order valence-corrected chi connectivity index (χ0v) is 14.9. The average molecular weight is 384 g/mol. The number of pyridine rings is 1. The molecule has 1 heterocycles. The minimum Gasteiger partial charge on any atom is -0.488 e. The number of hydrogen-bond donors (Lipinski definition) is 1. The Morgan fingerprint density at radius 2 is 1.93 bits per heavy atom. The molecule has 1 aromatic heterocycles. The summed E-state index contributed by atoms with van der Waals surface area (Å²) in [4.78, 5) is 15.9. The van der Waals surface area contributed by atoms with E-state index in [2.05, 4.69) is 15.5 Å². The van der Waals surface area contributed by atoms with Gasteiger partial charge < -0.3 is 4.74 Å². The van der Waals surface area contributed by atoms with Gasteiger partial charge in [0.05, 0.1) is 11.8 Å². The number of aromatic nitrogens is 1. The molecule has 1 amide bonds. The van der Waals surface area contributed by atoms with Crippen LogP contribution < -0.4 is 10.2 Å². The Morgan fingerprint density at radius 3 is 2.70 bits per heavy atom. The van der Waals surface area contributed by atoms with Crippen LogP contribution in [0.25, 0.3) is 0 Å². The Kier molecular flexibility index (Phi) is 6.12. The van der Waals surface area contributed by atoms with E-state index in [0.717, 1.165) is 5.56 Å². The Labute approximate surface area is 160 Å². The fourth-order valence-electron chi connectivity index (χ4n) is 2.24. The molecule has 5 nitrogen and oxygen atoms in total. The first-order valence-corrected chi connectivity index (χ1v) is 8.41. The lowest BCUT2D eigenvalue weighted by molar-refractivity contribution is 0.0955. The van der Waals surface area contributed by atoms with Crippen LogP contribution in [0.2, 0.25) is 5.15 Å². The van der Waals surface area contributed by atoms with Gasteiger partial charge in [-0.25, -0.2) is 14.8 Å². The van der Waals surface area contributed by atoms with Gasteiger partial charge in [0, 0.05) is 11.8 Å². The number of nitrogens with zero attached hydrogens (tertiary/aromatic N) is 2. The van der Waals surface area contributed by atoms with E-state index < -0.39 is 5.91 Å². The smallest absolute Gasteiger partial charge is 0.274 e. The second-order valence-corrected chi connectivity index (χ2v) is 5.85. The number of carbonyl (C=O) groups is 1. The number of para-hydroxylation sites is 1. The van der Waals surface area contributed by atoms with Gasteiger partial charge in [0.1, 0.15) is 23.3 Å². The molecule has 0 bridgehead atoms. The molecule has 0 unspecified atom stereocenters. The molecule has 0 spiro atoms. The van der Waals surface area contributed by atoms with Crippen LogP contribution in [-0.2, 0) is 6.61 Å². The largest absolute Gasteiger partial charge is 0.488 e. The number of benzene rings is 2. The number of halogens is 2. The predicted molar refractivity (Wildman–Crippen MR) is 101 cm³/mol. The van der Waals surface area contributed by atoms with Crippen molar-refractivity contribution >= 4 is 23.7 Å². The van der Waals surface area contributed by atoms with E-state index in [1.807, 2.05) is 12.1 Å². The van der Waals surface area contributed by atoms with Gasteiger partial charge in [-0.1, -0.05) is 35.9 Å². The van der Waals surface area contributed by atoms with E-state index in [-0.39, 0.29) is 23.1 Å². The third-order valence-electron chi connectivity index (χ3n) is 3.60. The van der Waals surface area contributed by atoms with Crippen LogP contribution in [0, 0.1) is 5.82 Å². The molecule has 0 fully saturated rings. The summed E-state index contributed by atoms with van der Waals surface area (Å²) in [6.45, 7) is 0.281. The normalized spacial score (nSPS) is 10.7. The summed E-state index contributed by atoms with van der Waals surface area (Å²) in [6.07, 6.45) is 2.97. The Balaban J connectivity index is 1.65. The van der Waals surface area contributed by atoms with Gasteiger partial charge in [-0.15, -0.1) is 0 Å². The fourth-order valence-corrected chi connectivity index (χ4v) is 2.44.